The average molecular weight is 485 g/mol. The summed E-state index contributed by atoms with van der Waals surface area (Å²) in [6, 6.07) is 23.0. The van der Waals surface area contributed by atoms with Crippen molar-refractivity contribution in [1.29, 1.82) is 0 Å². The maximum absolute atomic E-state index is 13.3. The number of ether oxygens (including phenoxy) is 1. The number of carbonyl (C=O) groups excluding carboxylic acids is 1. The van der Waals surface area contributed by atoms with Crippen molar-refractivity contribution >= 4 is 33.4 Å². The summed E-state index contributed by atoms with van der Waals surface area (Å²) in [4.78, 5) is 12.8. The van der Waals surface area contributed by atoms with Crippen molar-refractivity contribution in [2.24, 2.45) is 0 Å². The lowest BCUT2D eigenvalue weighted by Gasteiger charge is -2.24. The second-order valence-electron chi connectivity index (χ2n) is 7.36. The molecule has 0 radical (unpaired) electrons. The van der Waals surface area contributed by atoms with E-state index >= 15 is 0 Å². The predicted molar refractivity (Wildman–Crippen MR) is 134 cm³/mol. The van der Waals surface area contributed by atoms with Crippen molar-refractivity contribution in [2.45, 2.75) is 17.6 Å². The fourth-order valence-corrected chi connectivity index (χ4v) is 5.57. The van der Waals surface area contributed by atoms with Crippen LogP contribution in [-0.4, -0.2) is 40.3 Å². The van der Waals surface area contributed by atoms with Crippen LogP contribution in [0.2, 0.25) is 0 Å². The average Bonchev–Trinajstić information content (AvgIpc) is 2.84. The van der Waals surface area contributed by atoms with Gasteiger partial charge in [0.15, 0.2) is 0 Å². The van der Waals surface area contributed by atoms with Gasteiger partial charge in [0.1, 0.15) is 12.3 Å². The Balaban J connectivity index is 1.66. The summed E-state index contributed by atoms with van der Waals surface area (Å²) in [6.45, 7) is 2.21. The summed E-state index contributed by atoms with van der Waals surface area (Å²) in [5.74, 6) is 1.73. The lowest BCUT2D eigenvalue weighted by molar-refractivity contribution is -0.119. The maximum atomic E-state index is 13.3. The third-order valence-electron chi connectivity index (χ3n) is 5.05. The Kier molecular flexibility index (Phi) is 8.79. The third-order valence-corrected chi connectivity index (χ3v) is 7.84. The molecule has 0 spiro atoms. The third kappa shape index (κ3) is 6.76. The molecular formula is C25H28N2O4S2. The Morgan fingerprint density at radius 1 is 1.00 bits per heavy atom. The lowest BCUT2D eigenvalue weighted by Crippen LogP contribution is -2.41. The SMILES string of the molecule is COc1cccc(N(CC(=O)NCCSCc2ccccc2C)S(=O)(=O)c2ccccc2)c1. The zero-order valence-electron chi connectivity index (χ0n) is 18.7. The Bertz CT molecular complexity index is 1170. The van der Waals surface area contributed by atoms with E-state index in [-0.39, 0.29) is 17.3 Å². The minimum Gasteiger partial charge on any atom is -0.497 e. The number of carbonyl (C=O) groups is 1. The molecule has 0 aliphatic rings. The highest BCUT2D eigenvalue weighted by Crippen LogP contribution is 2.26. The molecule has 0 aliphatic heterocycles. The van der Waals surface area contributed by atoms with Crippen molar-refractivity contribution in [1.82, 2.24) is 5.32 Å². The molecule has 33 heavy (non-hydrogen) atoms. The number of hydrogen-bond donors (Lipinski definition) is 1. The summed E-state index contributed by atoms with van der Waals surface area (Å²) < 4.78 is 33.0. The highest BCUT2D eigenvalue weighted by atomic mass is 32.2. The van der Waals surface area contributed by atoms with Gasteiger partial charge in [0.25, 0.3) is 10.0 Å². The van der Waals surface area contributed by atoms with Gasteiger partial charge in [0, 0.05) is 24.1 Å². The lowest BCUT2D eigenvalue weighted by atomic mass is 10.1. The van der Waals surface area contributed by atoms with Crippen molar-refractivity contribution in [2.75, 3.05) is 30.3 Å². The van der Waals surface area contributed by atoms with Crippen LogP contribution in [-0.2, 0) is 20.6 Å². The van der Waals surface area contributed by atoms with Crippen LogP contribution in [0.15, 0.2) is 83.8 Å². The first-order valence-corrected chi connectivity index (χ1v) is 13.1. The van der Waals surface area contributed by atoms with Gasteiger partial charge >= 0.3 is 0 Å². The second kappa shape index (κ2) is 11.8. The summed E-state index contributed by atoms with van der Waals surface area (Å²) in [6.07, 6.45) is 0. The molecule has 0 bridgehead atoms. The molecule has 3 rings (SSSR count). The molecule has 174 valence electrons. The number of rotatable bonds is 11. The molecule has 0 aliphatic carbocycles. The summed E-state index contributed by atoms with van der Waals surface area (Å²) in [5.41, 5.74) is 2.88. The molecule has 0 unspecified atom stereocenters. The van der Waals surface area contributed by atoms with Crippen LogP contribution in [0, 0.1) is 6.92 Å². The van der Waals surface area contributed by atoms with Gasteiger partial charge in [0.05, 0.1) is 17.7 Å². The van der Waals surface area contributed by atoms with Crippen LogP contribution in [0.5, 0.6) is 5.75 Å². The van der Waals surface area contributed by atoms with E-state index in [1.165, 1.54) is 30.4 Å². The van der Waals surface area contributed by atoms with Gasteiger partial charge in [-0.2, -0.15) is 11.8 Å². The topological polar surface area (TPSA) is 75.7 Å². The van der Waals surface area contributed by atoms with Gasteiger partial charge < -0.3 is 10.1 Å². The molecule has 1 N–H and O–H groups in total. The van der Waals surface area contributed by atoms with Crippen LogP contribution in [0.3, 0.4) is 0 Å². The van der Waals surface area contributed by atoms with Gasteiger partial charge in [-0.05, 0) is 42.3 Å². The van der Waals surface area contributed by atoms with Crippen LogP contribution in [0.4, 0.5) is 5.69 Å². The van der Waals surface area contributed by atoms with Crippen molar-refractivity contribution in [3.05, 3.63) is 90.0 Å². The highest BCUT2D eigenvalue weighted by Gasteiger charge is 2.27. The minimum absolute atomic E-state index is 0.120. The van der Waals surface area contributed by atoms with Gasteiger partial charge in [-0.15, -0.1) is 0 Å². The number of aryl methyl sites for hydroxylation is 1. The first-order valence-electron chi connectivity index (χ1n) is 10.5. The number of thioether (sulfide) groups is 1. The Labute approximate surface area is 200 Å². The Hall–Kier alpha value is -2.97. The maximum Gasteiger partial charge on any atom is 0.264 e. The molecule has 0 saturated heterocycles. The van der Waals surface area contributed by atoms with E-state index in [0.717, 1.165) is 15.8 Å². The molecule has 1 amide bonds. The van der Waals surface area contributed by atoms with Crippen LogP contribution in [0.25, 0.3) is 0 Å². The summed E-state index contributed by atoms with van der Waals surface area (Å²) in [5, 5.41) is 2.84. The largest absolute Gasteiger partial charge is 0.497 e. The quantitative estimate of drug-likeness (QED) is 0.412. The van der Waals surface area contributed by atoms with Crippen molar-refractivity contribution in [3.63, 3.8) is 0 Å². The zero-order chi connectivity index (χ0) is 23.7. The fraction of sp³-hybridized carbons (Fsp3) is 0.240. The number of methoxy groups -OCH3 is 1. The van der Waals surface area contributed by atoms with Crippen molar-refractivity contribution in [3.8, 4) is 5.75 Å². The number of anilines is 1. The molecule has 8 heteroatoms. The molecule has 0 saturated carbocycles. The summed E-state index contributed by atoms with van der Waals surface area (Å²) >= 11 is 1.72. The van der Waals surface area contributed by atoms with E-state index in [1.54, 1.807) is 54.2 Å². The molecule has 6 nitrogen and oxygen atoms in total. The molecule has 3 aromatic carbocycles. The monoisotopic (exact) mass is 484 g/mol. The normalized spacial score (nSPS) is 11.1. The van der Waals surface area contributed by atoms with E-state index < -0.39 is 10.0 Å². The summed E-state index contributed by atoms with van der Waals surface area (Å²) in [7, 11) is -2.43. The molecule has 3 aromatic rings. The molecule has 0 aromatic heterocycles. The van der Waals surface area contributed by atoms with E-state index in [2.05, 4.69) is 24.4 Å². The molecule has 0 atom stereocenters. The highest BCUT2D eigenvalue weighted by molar-refractivity contribution is 7.98. The first kappa shape index (κ1) is 24.7. The van der Waals surface area contributed by atoms with Crippen molar-refractivity contribution < 1.29 is 17.9 Å². The predicted octanol–water partition coefficient (Wildman–Crippen LogP) is 4.25. The van der Waals surface area contributed by atoms with E-state index in [0.29, 0.717) is 18.0 Å². The number of sulfonamides is 1. The van der Waals surface area contributed by atoms with E-state index in [1.807, 2.05) is 12.1 Å². The van der Waals surface area contributed by atoms with Gasteiger partial charge in [-0.25, -0.2) is 8.42 Å². The van der Waals surface area contributed by atoms with Crippen LogP contribution in [0.1, 0.15) is 11.1 Å². The number of nitrogens with one attached hydrogen (secondary N) is 1. The second-order valence-corrected chi connectivity index (χ2v) is 10.3. The standard InChI is InChI=1S/C25H28N2O4S2/c1-20-9-6-7-10-21(20)19-32-16-15-26-25(28)18-27(22-11-8-12-23(17-22)31-2)33(29,30)24-13-4-3-5-14-24/h3-14,17H,15-16,18-19H2,1-2H3,(H,26,28). The van der Waals surface area contributed by atoms with Gasteiger partial charge in [0.2, 0.25) is 5.91 Å². The Morgan fingerprint density at radius 2 is 1.73 bits per heavy atom. The van der Waals surface area contributed by atoms with Gasteiger partial charge in [-0.3, -0.25) is 9.10 Å². The number of nitrogens with zero attached hydrogens (tertiary/aromatic N) is 1. The minimum atomic E-state index is -3.94. The number of hydrogen-bond acceptors (Lipinski definition) is 5. The first-order chi connectivity index (χ1) is 15.9. The van der Waals surface area contributed by atoms with Gasteiger partial charge in [-0.1, -0.05) is 48.5 Å². The molecule has 0 heterocycles. The van der Waals surface area contributed by atoms with E-state index in [4.69, 9.17) is 4.74 Å². The van der Waals surface area contributed by atoms with Crippen LogP contribution >= 0.6 is 11.8 Å². The number of benzene rings is 3. The number of amides is 1. The molecular weight excluding hydrogens is 456 g/mol. The molecule has 0 fully saturated rings. The van der Waals surface area contributed by atoms with E-state index in [9.17, 15) is 13.2 Å². The smallest absolute Gasteiger partial charge is 0.264 e. The fourth-order valence-electron chi connectivity index (χ4n) is 3.20. The zero-order valence-corrected chi connectivity index (χ0v) is 20.4. The van der Waals surface area contributed by atoms with Crippen LogP contribution < -0.4 is 14.4 Å². The Morgan fingerprint density at radius 3 is 2.45 bits per heavy atom.